The zero-order valence-electron chi connectivity index (χ0n) is 10.9. The largest absolute Gasteiger partial charge is 0.494 e. The molecule has 0 radical (unpaired) electrons. The normalized spacial score (nSPS) is 10.5. The van der Waals surface area contributed by atoms with Crippen LogP contribution in [0.2, 0.25) is 5.02 Å². The molecule has 0 bridgehead atoms. The molecule has 0 saturated carbocycles. The predicted molar refractivity (Wildman–Crippen MR) is 79.7 cm³/mol. The number of thioether (sulfide) groups is 1. The van der Waals surface area contributed by atoms with Gasteiger partial charge >= 0.3 is 0 Å². The van der Waals surface area contributed by atoms with Crippen molar-refractivity contribution >= 4 is 23.4 Å². The minimum absolute atomic E-state index is 0.195. The Labute approximate surface area is 125 Å². The topological polar surface area (TPSA) is 67.9 Å². The van der Waals surface area contributed by atoms with E-state index in [1.54, 1.807) is 19.1 Å². The highest BCUT2D eigenvalue weighted by atomic mass is 35.5. The Bertz CT molecular complexity index is 616. The molecule has 0 aliphatic rings. The van der Waals surface area contributed by atoms with Crippen molar-refractivity contribution in [3.63, 3.8) is 0 Å². The number of rotatable bonds is 6. The summed E-state index contributed by atoms with van der Waals surface area (Å²) in [5, 5.41) is 8.91. The molecule has 5 nitrogen and oxygen atoms in total. The number of nitrogens with one attached hydrogen (secondary N) is 1. The smallest absolute Gasteiger partial charge is 0.273 e. The van der Waals surface area contributed by atoms with E-state index < -0.39 is 0 Å². The Hall–Kier alpha value is -1.53. The Morgan fingerprint density at radius 2 is 2.05 bits per heavy atom. The number of hydrogen-bond acceptors (Lipinski definition) is 5. The molecule has 2 rings (SSSR count). The standard InChI is InChI=1S/C13H14ClN3O2S/c1-9-12(18)15-13(17-16-9)20-8-2-7-19-11-5-3-10(14)4-6-11/h3-6H,2,7-8H2,1H3,(H,15,17,18). The maximum absolute atomic E-state index is 11.3. The van der Waals surface area contributed by atoms with Crippen LogP contribution in [0.15, 0.2) is 34.2 Å². The van der Waals surface area contributed by atoms with Gasteiger partial charge in [-0.15, -0.1) is 10.2 Å². The first-order chi connectivity index (χ1) is 9.65. The van der Waals surface area contributed by atoms with E-state index in [4.69, 9.17) is 16.3 Å². The van der Waals surface area contributed by atoms with Gasteiger partial charge in [-0.25, -0.2) is 0 Å². The second-order valence-corrected chi connectivity index (χ2v) is 5.57. The third-order valence-corrected chi connectivity index (χ3v) is 3.65. The zero-order valence-corrected chi connectivity index (χ0v) is 12.5. The average molecular weight is 312 g/mol. The van der Waals surface area contributed by atoms with Gasteiger partial charge < -0.3 is 4.74 Å². The number of nitrogens with zero attached hydrogens (tertiary/aromatic N) is 2. The lowest BCUT2D eigenvalue weighted by Gasteiger charge is -2.05. The van der Waals surface area contributed by atoms with Crippen LogP contribution in [0.5, 0.6) is 5.75 Å². The molecule has 2 aromatic rings. The number of benzene rings is 1. The van der Waals surface area contributed by atoms with Gasteiger partial charge in [0.2, 0.25) is 0 Å². The van der Waals surface area contributed by atoms with E-state index in [0.29, 0.717) is 22.5 Å². The first kappa shape index (κ1) is 14.9. The highest BCUT2D eigenvalue weighted by Crippen LogP contribution is 2.16. The van der Waals surface area contributed by atoms with Crippen LogP contribution in [-0.4, -0.2) is 27.5 Å². The third kappa shape index (κ3) is 4.54. The van der Waals surface area contributed by atoms with E-state index in [2.05, 4.69) is 15.2 Å². The molecule has 7 heteroatoms. The summed E-state index contributed by atoms with van der Waals surface area (Å²) in [7, 11) is 0. The van der Waals surface area contributed by atoms with Crippen molar-refractivity contribution in [2.75, 3.05) is 12.4 Å². The van der Waals surface area contributed by atoms with Gasteiger partial charge in [-0.3, -0.25) is 9.78 Å². The van der Waals surface area contributed by atoms with Crippen LogP contribution in [0.1, 0.15) is 12.1 Å². The van der Waals surface area contributed by atoms with E-state index in [1.807, 2.05) is 12.1 Å². The molecule has 1 N–H and O–H groups in total. The van der Waals surface area contributed by atoms with E-state index in [0.717, 1.165) is 17.9 Å². The minimum atomic E-state index is -0.195. The number of aromatic amines is 1. The summed E-state index contributed by atoms with van der Waals surface area (Å²) >= 11 is 7.24. The van der Waals surface area contributed by atoms with Gasteiger partial charge in [-0.05, 0) is 37.6 Å². The molecule has 0 spiro atoms. The molecule has 1 aromatic heterocycles. The minimum Gasteiger partial charge on any atom is -0.494 e. The molecule has 0 fully saturated rings. The highest BCUT2D eigenvalue weighted by molar-refractivity contribution is 7.99. The molecule has 20 heavy (non-hydrogen) atoms. The Morgan fingerprint density at radius 3 is 2.75 bits per heavy atom. The number of aryl methyl sites for hydroxylation is 1. The average Bonchev–Trinajstić information content (AvgIpc) is 2.44. The van der Waals surface area contributed by atoms with E-state index in [9.17, 15) is 4.79 Å². The monoisotopic (exact) mass is 311 g/mol. The molecule has 0 unspecified atom stereocenters. The number of H-pyrrole nitrogens is 1. The molecule has 0 saturated heterocycles. The van der Waals surface area contributed by atoms with Crippen LogP contribution in [0.25, 0.3) is 0 Å². The van der Waals surface area contributed by atoms with Crippen molar-refractivity contribution in [1.82, 2.24) is 15.2 Å². The lowest BCUT2D eigenvalue weighted by molar-refractivity contribution is 0.318. The molecule has 0 amide bonds. The maximum atomic E-state index is 11.3. The van der Waals surface area contributed by atoms with Crippen molar-refractivity contribution in [1.29, 1.82) is 0 Å². The summed E-state index contributed by atoms with van der Waals surface area (Å²) in [6, 6.07) is 7.24. The van der Waals surface area contributed by atoms with Crippen LogP contribution in [0, 0.1) is 6.92 Å². The van der Waals surface area contributed by atoms with Gasteiger partial charge in [0.05, 0.1) is 6.61 Å². The molecular weight excluding hydrogens is 298 g/mol. The Kier molecular flexibility index (Phi) is 5.43. The van der Waals surface area contributed by atoms with E-state index >= 15 is 0 Å². The summed E-state index contributed by atoms with van der Waals surface area (Å²) in [5.41, 5.74) is 0.181. The van der Waals surface area contributed by atoms with Crippen molar-refractivity contribution in [3.8, 4) is 5.75 Å². The second kappa shape index (κ2) is 7.31. The number of hydrogen-bond donors (Lipinski definition) is 1. The van der Waals surface area contributed by atoms with Crippen LogP contribution in [0.4, 0.5) is 0 Å². The van der Waals surface area contributed by atoms with E-state index in [1.165, 1.54) is 11.8 Å². The van der Waals surface area contributed by atoms with Gasteiger partial charge in [-0.2, -0.15) is 0 Å². The molecule has 0 aliphatic carbocycles. The molecule has 1 heterocycles. The van der Waals surface area contributed by atoms with Gasteiger partial charge in [0, 0.05) is 10.8 Å². The molecule has 0 aliphatic heterocycles. The van der Waals surface area contributed by atoms with Gasteiger partial charge in [0.15, 0.2) is 5.16 Å². The van der Waals surface area contributed by atoms with Crippen LogP contribution >= 0.6 is 23.4 Å². The maximum Gasteiger partial charge on any atom is 0.273 e. The van der Waals surface area contributed by atoms with Gasteiger partial charge in [0.1, 0.15) is 11.4 Å². The summed E-state index contributed by atoms with van der Waals surface area (Å²) in [5.74, 6) is 1.59. The summed E-state index contributed by atoms with van der Waals surface area (Å²) in [6.45, 7) is 2.22. The summed E-state index contributed by atoms with van der Waals surface area (Å²) < 4.78 is 5.56. The summed E-state index contributed by atoms with van der Waals surface area (Å²) in [4.78, 5) is 14.0. The quantitative estimate of drug-likeness (QED) is 0.656. The number of ether oxygens (including phenoxy) is 1. The first-order valence-corrected chi connectivity index (χ1v) is 7.46. The predicted octanol–water partition coefficient (Wildman–Crippen LogP) is 2.69. The van der Waals surface area contributed by atoms with Crippen molar-refractivity contribution in [2.24, 2.45) is 0 Å². The fourth-order valence-corrected chi connectivity index (χ4v) is 2.24. The van der Waals surface area contributed by atoms with Crippen LogP contribution in [-0.2, 0) is 0 Å². The second-order valence-electron chi connectivity index (χ2n) is 4.05. The van der Waals surface area contributed by atoms with Crippen molar-refractivity contribution < 1.29 is 4.74 Å². The molecule has 106 valence electrons. The molecule has 0 atom stereocenters. The lowest BCUT2D eigenvalue weighted by Crippen LogP contribution is -2.14. The van der Waals surface area contributed by atoms with Gasteiger partial charge in [0.25, 0.3) is 5.56 Å². The number of halogens is 1. The fourth-order valence-electron chi connectivity index (χ4n) is 1.39. The highest BCUT2D eigenvalue weighted by Gasteiger charge is 2.01. The molecule has 1 aromatic carbocycles. The van der Waals surface area contributed by atoms with Crippen molar-refractivity contribution in [3.05, 3.63) is 45.3 Å². The Morgan fingerprint density at radius 1 is 1.30 bits per heavy atom. The molecular formula is C13H14ClN3O2S. The van der Waals surface area contributed by atoms with Crippen LogP contribution < -0.4 is 10.3 Å². The van der Waals surface area contributed by atoms with Crippen LogP contribution in [0.3, 0.4) is 0 Å². The number of aromatic nitrogens is 3. The summed E-state index contributed by atoms with van der Waals surface area (Å²) in [6.07, 6.45) is 0.838. The SMILES string of the molecule is Cc1nnc(SCCCOc2ccc(Cl)cc2)[nH]c1=O. The third-order valence-electron chi connectivity index (χ3n) is 2.45. The van der Waals surface area contributed by atoms with Crippen molar-refractivity contribution in [2.45, 2.75) is 18.5 Å². The fraction of sp³-hybridized carbons (Fsp3) is 0.308. The zero-order chi connectivity index (χ0) is 14.4. The van der Waals surface area contributed by atoms with E-state index in [-0.39, 0.29) is 5.56 Å². The first-order valence-electron chi connectivity index (χ1n) is 6.10. The Balaban J connectivity index is 1.70. The van der Waals surface area contributed by atoms with Gasteiger partial charge in [-0.1, -0.05) is 23.4 Å². The lowest BCUT2D eigenvalue weighted by atomic mass is 10.3.